The van der Waals surface area contributed by atoms with Crippen molar-refractivity contribution >= 4 is 46.8 Å². The highest BCUT2D eigenvalue weighted by molar-refractivity contribution is 6.36. The van der Waals surface area contributed by atoms with E-state index >= 15 is 0 Å². The predicted molar refractivity (Wildman–Crippen MR) is 91.5 cm³/mol. The van der Waals surface area contributed by atoms with Crippen LogP contribution in [0.2, 0.25) is 10.0 Å². The molecule has 6 heteroatoms. The topological polar surface area (TPSA) is 55.4 Å². The molecule has 0 saturated carbocycles. The summed E-state index contributed by atoms with van der Waals surface area (Å²) in [6.07, 6.45) is 2.87. The summed E-state index contributed by atoms with van der Waals surface area (Å²) >= 11 is 11.7. The molecule has 0 saturated heterocycles. The van der Waals surface area contributed by atoms with Gasteiger partial charge in [0.05, 0.1) is 10.7 Å². The number of anilines is 1. The third kappa shape index (κ3) is 5.77. The lowest BCUT2D eigenvalue weighted by Crippen LogP contribution is -2.20. The van der Waals surface area contributed by atoms with Gasteiger partial charge in [0.2, 0.25) is 0 Å². The van der Waals surface area contributed by atoms with Crippen LogP contribution < -0.4 is 5.32 Å². The zero-order valence-electron chi connectivity index (χ0n) is 12.0. The first-order chi connectivity index (χ1) is 11.0. The highest BCUT2D eigenvalue weighted by atomic mass is 35.5. The summed E-state index contributed by atoms with van der Waals surface area (Å²) in [5, 5.41) is 3.31. The Balaban J connectivity index is 1.82. The largest absolute Gasteiger partial charge is 0.452 e. The van der Waals surface area contributed by atoms with Crippen LogP contribution in [0.25, 0.3) is 6.08 Å². The van der Waals surface area contributed by atoms with Crippen molar-refractivity contribution < 1.29 is 14.3 Å². The lowest BCUT2D eigenvalue weighted by molar-refractivity contribution is -0.142. The van der Waals surface area contributed by atoms with Gasteiger partial charge in [-0.05, 0) is 29.8 Å². The number of amides is 1. The van der Waals surface area contributed by atoms with E-state index in [0.717, 1.165) is 5.56 Å². The zero-order valence-corrected chi connectivity index (χ0v) is 13.5. The fraction of sp³-hybridized carbons (Fsp3) is 0.0588. The van der Waals surface area contributed by atoms with Crippen molar-refractivity contribution in [2.75, 3.05) is 11.9 Å². The fourth-order valence-corrected chi connectivity index (χ4v) is 2.15. The number of carbonyl (C=O) groups is 2. The van der Waals surface area contributed by atoms with Crippen molar-refractivity contribution in [2.24, 2.45) is 0 Å². The molecule has 0 aliphatic carbocycles. The van der Waals surface area contributed by atoms with Crippen molar-refractivity contribution in [1.82, 2.24) is 0 Å². The maximum absolute atomic E-state index is 11.7. The second kappa shape index (κ2) is 8.36. The summed E-state index contributed by atoms with van der Waals surface area (Å²) in [5.74, 6) is -1.10. The molecule has 2 aromatic rings. The van der Waals surface area contributed by atoms with Gasteiger partial charge in [0.1, 0.15) is 0 Å². The Morgan fingerprint density at radius 3 is 2.52 bits per heavy atom. The molecule has 1 N–H and O–H groups in total. The van der Waals surface area contributed by atoms with Crippen LogP contribution in [0, 0.1) is 0 Å². The fourth-order valence-electron chi connectivity index (χ4n) is 1.69. The van der Waals surface area contributed by atoms with Crippen molar-refractivity contribution in [3.63, 3.8) is 0 Å². The van der Waals surface area contributed by atoms with Crippen molar-refractivity contribution in [3.05, 3.63) is 70.2 Å². The van der Waals surface area contributed by atoms with Crippen LogP contribution >= 0.6 is 23.2 Å². The molecule has 0 fully saturated rings. The number of hydrogen-bond acceptors (Lipinski definition) is 3. The summed E-state index contributed by atoms with van der Waals surface area (Å²) < 4.78 is 4.85. The van der Waals surface area contributed by atoms with Crippen molar-refractivity contribution in [3.8, 4) is 0 Å². The standard InChI is InChI=1S/C17H13Cl2NO3/c18-13-7-8-15(14(19)10-13)20-16(21)11-23-17(22)9-6-12-4-2-1-3-5-12/h1-10H,11H2,(H,20,21)/b9-6+. The van der Waals surface area contributed by atoms with Crippen LogP contribution in [0.1, 0.15) is 5.56 Å². The van der Waals surface area contributed by atoms with Gasteiger partial charge in [0, 0.05) is 11.1 Å². The molecular formula is C17H13Cl2NO3. The number of nitrogens with one attached hydrogen (secondary N) is 1. The van der Waals surface area contributed by atoms with E-state index in [4.69, 9.17) is 27.9 Å². The Kier molecular flexibility index (Phi) is 6.20. The second-order valence-corrected chi connectivity index (χ2v) is 5.37. The zero-order chi connectivity index (χ0) is 16.7. The number of hydrogen-bond donors (Lipinski definition) is 1. The van der Waals surface area contributed by atoms with E-state index in [1.54, 1.807) is 18.2 Å². The summed E-state index contributed by atoms with van der Waals surface area (Å²) in [6.45, 7) is -0.406. The summed E-state index contributed by atoms with van der Waals surface area (Å²) in [7, 11) is 0. The Bertz CT molecular complexity index is 730. The van der Waals surface area contributed by atoms with E-state index in [1.807, 2.05) is 30.3 Å². The van der Waals surface area contributed by atoms with Gasteiger partial charge >= 0.3 is 5.97 Å². The Labute approximate surface area is 143 Å². The number of esters is 1. The average molecular weight is 350 g/mol. The summed E-state index contributed by atoms with van der Waals surface area (Å²) in [5.41, 5.74) is 1.26. The van der Waals surface area contributed by atoms with E-state index in [-0.39, 0.29) is 0 Å². The molecule has 0 spiro atoms. The van der Waals surface area contributed by atoms with Crippen LogP contribution in [0.4, 0.5) is 5.69 Å². The lowest BCUT2D eigenvalue weighted by Gasteiger charge is -2.07. The van der Waals surface area contributed by atoms with Gasteiger partial charge in [-0.2, -0.15) is 0 Å². The number of carbonyl (C=O) groups excluding carboxylic acids is 2. The summed E-state index contributed by atoms with van der Waals surface area (Å²) in [6, 6.07) is 14.0. The number of halogens is 2. The number of rotatable bonds is 5. The molecule has 0 aliphatic rings. The minimum absolute atomic E-state index is 0.307. The van der Waals surface area contributed by atoms with Gasteiger partial charge in [-0.25, -0.2) is 4.79 Å². The molecule has 23 heavy (non-hydrogen) atoms. The lowest BCUT2D eigenvalue weighted by atomic mass is 10.2. The molecule has 0 radical (unpaired) electrons. The highest BCUT2D eigenvalue weighted by Crippen LogP contribution is 2.25. The van der Waals surface area contributed by atoms with Crippen LogP contribution in [-0.2, 0) is 14.3 Å². The van der Waals surface area contributed by atoms with Gasteiger partial charge in [0.15, 0.2) is 6.61 Å². The normalized spacial score (nSPS) is 10.5. The number of benzene rings is 2. The first-order valence-electron chi connectivity index (χ1n) is 6.69. The molecule has 0 aliphatic heterocycles. The van der Waals surface area contributed by atoms with E-state index in [2.05, 4.69) is 5.32 Å². The first kappa shape index (κ1) is 17.1. The van der Waals surface area contributed by atoms with E-state index in [0.29, 0.717) is 15.7 Å². The molecule has 0 atom stereocenters. The second-order valence-electron chi connectivity index (χ2n) is 4.52. The maximum atomic E-state index is 11.7. The summed E-state index contributed by atoms with van der Waals surface area (Å²) in [4.78, 5) is 23.3. The molecule has 0 bridgehead atoms. The minimum Gasteiger partial charge on any atom is -0.452 e. The molecule has 2 rings (SSSR count). The van der Waals surface area contributed by atoms with Crippen LogP contribution in [0.5, 0.6) is 0 Å². The Hall–Kier alpha value is -2.30. The molecule has 0 unspecified atom stereocenters. The molecule has 4 nitrogen and oxygen atoms in total. The Morgan fingerprint density at radius 2 is 1.83 bits per heavy atom. The quantitative estimate of drug-likeness (QED) is 0.650. The van der Waals surface area contributed by atoms with Gasteiger partial charge in [-0.3, -0.25) is 4.79 Å². The smallest absolute Gasteiger partial charge is 0.331 e. The molecule has 2 aromatic carbocycles. The molecule has 1 amide bonds. The molecule has 0 heterocycles. The van der Waals surface area contributed by atoms with Gasteiger partial charge in [0.25, 0.3) is 5.91 Å². The SMILES string of the molecule is O=C(COC(=O)/C=C/c1ccccc1)Nc1ccc(Cl)cc1Cl. The molecule has 118 valence electrons. The van der Waals surface area contributed by atoms with Crippen molar-refractivity contribution in [2.45, 2.75) is 0 Å². The Morgan fingerprint density at radius 1 is 1.09 bits per heavy atom. The van der Waals surface area contributed by atoms with E-state index in [9.17, 15) is 9.59 Å². The van der Waals surface area contributed by atoms with E-state index in [1.165, 1.54) is 12.1 Å². The average Bonchev–Trinajstić information content (AvgIpc) is 2.54. The molecular weight excluding hydrogens is 337 g/mol. The van der Waals surface area contributed by atoms with E-state index < -0.39 is 18.5 Å². The first-order valence-corrected chi connectivity index (χ1v) is 7.45. The number of ether oxygens (including phenoxy) is 1. The van der Waals surface area contributed by atoms with Gasteiger partial charge in [-0.1, -0.05) is 53.5 Å². The maximum Gasteiger partial charge on any atom is 0.331 e. The third-order valence-corrected chi connectivity index (χ3v) is 3.31. The monoisotopic (exact) mass is 349 g/mol. The van der Waals surface area contributed by atoms with Crippen LogP contribution in [-0.4, -0.2) is 18.5 Å². The molecule has 0 aromatic heterocycles. The van der Waals surface area contributed by atoms with Gasteiger partial charge < -0.3 is 10.1 Å². The van der Waals surface area contributed by atoms with Crippen LogP contribution in [0.15, 0.2) is 54.6 Å². The van der Waals surface area contributed by atoms with Gasteiger partial charge in [-0.15, -0.1) is 0 Å². The highest BCUT2D eigenvalue weighted by Gasteiger charge is 2.08. The predicted octanol–water partition coefficient (Wildman–Crippen LogP) is 4.19. The van der Waals surface area contributed by atoms with Crippen molar-refractivity contribution in [1.29, 1.82) is 0 Å². The minimum atomic E-state index is -0.605. The third-order valence-electron chi connectivity index (χ3n) is 2.76. The van der Waals surface area contributed by atoms with Crippen LogP contribution in [0.3, 0.4) is 0 Å².